The van der Waals surface area contributed by atoms with E-state index in [2.05, 4.69) is 15.2 Å². The van der Waals surface area contributed by atoms with Crippen LogP contribution in [0.1, 0.15) is 19.9 Å². The predicted octanol–water partition coefficient (Wildman–Crippen LogP) is 1.19. The molecule has 2 aromatic heterocycles. The lowest BCUT2D eigenvalue weighted by Gasteiger charge is -2.12. The SMILES string of the molecule is CC(C)n1c(-c2cncn2C)nnc1S(=O)(=O)Cl. The largest absolute Gasteiger partial charge is 0.331 e. The number of nitrogens with zero attached hydrogens (tertiary/aromatic N) is 5. The molecule has 0 aliphatic rings. The maximum absolute atomic E-state index is 11.4. The fourth-order valence-electron chi connectivity index (χ4n) is 1.66. The number of aromatic nitrogens is 5. The molecule has 18 heavy (non-hydrogen) atoms. The van der Waals surface area contributed by atoms with E-state index in [-0.39, 0.29) is 11.2 Å². The van der Waals surface area contributed by atoms with Gasteiger partial charge in [0, 0.05) is 23.8 Å². The summed E-state index contributed by atoms with van der Waals surface area (Å²) in [6.45, 7) is 3.66. The first-order valence-electron chi connectivity index (χ1n) is 5.18. The lowest BCUT2D eigenvalue weighted by atomic mass is 10.3. The summed E-state index contributed by atoms with van der Waals surface area (Å²) in [5, 5.41) is 7.30. The molecule has 0 atom stereocenters. The molecule has 0 spiro atoms. The maximum Gasteiger partial charge on any atom is 0.296 e. The van der Waals surface area contributed by atoms with E-state index in [0.717, 1.165) is 0 Å². The lowest BCUT2D eigenvalue weighted by Crippen LogP contribution is -2.11. The minimum Gasteiger partial charge on any atom is -0.331 e. The molecule has 0 aromatic carbocycles. The molecule has 2 heterocycles. The van der Waals surface area contributed by atoms with Crippen LogP contribution in [0.25, 0.3) is 11.5 Å². The van der Waals surface area contributed by atoms with Crippen LogP contribution in [0.2, 0.25) is 0 Å². The first kappa shape index (κ1) is 13.0. The van der Waals surface area contributed by atoms with E-state index < -0.39 is 9.05 Å². The van der Waals surface area contributed by atoms with Gasteiger partial charge in [-0.15, -0.1) is 10.2 Å². The van der Waals surface area contributed by atoms with Gasteiger partial charge in [-0.25, -0.2) is 13.4 Å². The van der Waals surface area contributed by atoms with E-state index in [4.69, 9.17) is 10.7 Å². The van der Waals surface area contributed by atoms with Crippen molar-refractivity contribution in [1.29, 1.82) is 0 Å². The molecule has 0 radical (unpaired) electrons. The van der Waals surface area contributed by atoms with Crippen molar-refractivity contribution in [3.8, 4) is 11.5 Å². The zero-order valence-electron chi connectivity index (χ0n) is 10.1. The molecule has 7 nitrogen and oxygen atoms in total. The van der Waals surface area contributed by atoms with Crippen LogP contribution in [0.4, 0.5) is 0 Å². The molecular formula is C9H12ClN5O2S. The Balaban J connectivity index is 2.72. The van der Waals surface area contributed by atoms with Crippen molar-refractivity contribution in [1.82, 2.24) is 24.3 Å². The van der Waals surface area contributed by atoms with Crippen LogP contribution < -0.4 is 0 Å². The summed E-state index contributed by atoms with van der Waals surface area (Å²) < 4.78 is 26.1. The summed E-state index contributed by atoms with van der Waals surface area (Å²) in [6.07, 6.45) is 3.19. The van der Waals surface area contributed by atoms with Crippen molar-refractivity contribution >= 4 is 19.7 Å². The van der Waals surface area contributed by atoms with Crippen molar-refractivity contribution in [3.05, 3.63) is 12.5 Å². The summed E-state index contributed by atoms with van der Waals surface area (Å²) >= 11 is 0. The molecule has 98 valence electrons. The summed E-state index contributed by atoms with van der Waals surface area (Å²) in [7, 11) is 3.21. The van der Waals surface area contributed by atoms with Gasteiger partial charge < -0.3 is 4.57 Å². The molecule has 2 aromatic rings. The third-order valence-electron chi connectivity index (χ3n) is 2.44. The summed E-state index contributed by atoms with van der Waals surface area (Å²) in [5.41, 5.74) is 0.669. The second-order valence-corrected chi connectivity index (χ2v) is 6.56. The van der Waals surface area contributed by atoms with Crippen molar-refractivity contribution < 1.29 is 8.42 Å². The molecular weight excluding hydrogens is 278 g/mol. The lowest BCUT2D eigenvalue weighted by molar-refractivity contribution is 0.529. The van der Waals surface area contributed by atoms with Gasteiger partial charge in [-0.2, -0.15) is 0 Å². The number of hydrogen-bond donors (Lipinski definition) is 0. The van der Waals surface area contributed by atoms with Crippen LogP contribution in [0.5, 0.6) is 0 Å². The summed E-state index contributed by atoms with van der Waals surface area (Å²) in [4.78, 5) is 3.97. The van der Waals surface area contributed by atoms with E-state index in [9.17, 15) is 8.42 Å². The monoisotopic (exact) mass is 289 g/mol. The quantitative estimate of drug-likeness (QED) is 0.793. The molecule has 0 aliphatic heterocycles. The normalized spacial score (nSPS) is 12.3. The Morgan fingerprint density at radius 3 is 2.44 bits per heavy atom. The molecule has 0 saturated carbocycles. The second kappa shape index (κ2) is 4.36. The van der Waals surface area contributed by atoms with Gasteiger partial charge in [-0.05, 0) is 13.8 Å². The minimum atomic E-state index is -3.93. The first-order valence-corrected chi connectivity index (χ1v) is 7.49. The van der Waals surface area contributed by atoms with Gasteiger partial charge in [0.2, 0.25) is 0 Å². The Kier molecular flexibility index (Phi) is 3.16. The highest BCUT2D eigenvalue weighted by Crippen LogP contribution is 2.25. The van der Waals surface area contributed by atoms with Gasteiger partial charge in [0.15, 0.2) is 5.82 Å². The zero-order valence-corrected chi connectivity index (χ0v) is 11.6. The van der Waals surface area contributed by atoms with E-state index in [0.29, 0.717) is 11.5 Å². The number of hydrogen-bond acceptors (Lipinski definition) is 5. The average molecular weight is 290 g/mol. The maximum atomic E-state index is 11.4. The molecule has 2 rings (SSSR count). The number of halogens is 1. The average Bonchev–Trinajstić information content (AvgIpc) is 2.80. The Morgan fingerprint density at radius 2 is 2.00 bits per heavy atom. The molecule has 9 heteroatoms. The topological polar surface area (TPSA) is 82.7 Å². The van der Waals surface area contributed by atoms with Crippen molar-refractivity contribution in [3.63, 3.8) is 0 Å². The first-order chi connectivity index (χ1) is 8.32. The van der Waals surface area contributed by atoms with Gasteiger partial charge in [-0.1, -0.05) is 0 Å². The van der Waals surface area contributed by atoms with Crippen molar-refractivity contribution in [2.75, 3.05) is 0 Å². The van der Waals surface area contributed by atoms with Gasteiger partial charge >= 0.3 is 0 Å². The van der Waals surface area contributed by atoms with Gasteiger partial charge in [0.1, 0.15) is 5.69 Å². The van der Waals surface area contributed by atoms with E-state index in [1.54, 1.807) is 24.1 Å². The highest BCUT2D eigenvalue weighted by atomic mass is 35.7. The summed E-state index contributed by atoms with van der Waals surface area (Å²) in [6, 6.07) is -0.145. The van der Waals surface area contributed by atoms with E-state index in [1.807, 2.05) is 13.8 Å². The second-order valence-electron chi connectivity index (χ2n) is 4.10. The standard InChI is InChI=1S/C9H12ClN5O2S/c1-6(2)15-8(7-4-11-5-14(7)3)12-13-9(15)18(10,16)17/h4-6H,1-3H3. The Hall–Kier alpha value is -1.41. The van der Waals surface area contributed by atoms with Crippen LogP contribution in [0.3, 0.4) is 0 Å². The fourth-order valence-corrected chi connectivity index (χ4v) is 2.64. The highest BCUT2D eigenvalue weighted by Gasteiger charge is 2.25. The third-order valence-corrected chi connectivity index (χ3v) is 3.57. The summed E-state index contributed by atoms with van der Waals surface area (Å²) in [5.74, 6) is 0.421. The molecule has 0 N–H and O–H groups in total. The van der Waals surface area contributed by atoms with Crippen LogP contribution >= 0.6 is 10.7 Å². The Morgan fingerprint density at radius 1 is 1.33 bits per heavy atom. The predicted molar refractivity (Wildman–Crippen MR) is 65.6 cm³/mol. The number of imidazole rings is 1. The van der Waals surface area contributed by atoms with Gasteiger partial charge in [0.05, 0.1) is 12.5 Å². The van der Waals surface area contributed by atoms with E-state index >= 15 is 0 Å². The van der Waals surface area contributed by atoms with Gasteiger partial charge in [-0.3, -0.25) is 4.57 Å². The van der Waals surface area contributed by atoms with E-state index in [1.165, 1.54) is 4.57 Å². The zero-order chi connectivity index (χ0) is 13.5. The van der Waals surface area contributed by atoms with Crippen LogP contribution in [-0.2, 0) is 16.1 Å². The van der Waals surface area contributed by atoms with Crippen molar-refractivity contribution in [2.45, 2.75) is 25.0 Å². The van der Waals surface area contributed by atoms with Crippen molar-refractivity contribution in [2.24, 2.45) is 7.05 Å². The molecule has 0 aliphatic carbocycles. The number of rotatable bonds is 3. The smallest absolute Gasteiger partial charge is 0.296 e. The number of aryl methyl sites for hydroxylation is 1. The van der Waals surface area contributed by atoms with Gasteiger partial charge in [0.25, 0.3) is 14.2 Å². The Labute approximate surface area is 109 Å². The van der Waals surface area contributed by atoms with Crippen LogP contribution in [0.15, 0.2) is 17.7 Å². The fraction of sp³-hybridized carbons (Fsp3) is 0.444. The molecule has 0 fully saturated rings. The molecule has 0 unspecified atom stereocenters. The highest BCUT2D eigenvalue weighted by molar-refractivity contribution is 8.13. The van der Waals surface area contributed by atoms with Crippen LogP contribution in [-0.4, -0.2) is 32.7 Å². The molecule has 0 bridgehead atoms. The molecule has 0 saturated heterocycles. The third kappa shape index (κ3) is 2.13. The Bertz CT molecular complexity index is 673. The molecule has 0 amide bonds. The van der Waals surface area contributed by atoms with Crippen LogP contribution in [0, 0.1) is 0 Å². The minimum absolute atomic E-state index is 0.145.